The molecule has 1 fully saturated rings. The number of benzene rings is 1. The molecule has 2 aromatic rings. The molecule has 138 valence electrons. The Morgan fingerprint density at radius 1 is 1.12 bits per heavy atom. The number of carbonyl (C=O) groups excluding carboxylic acids is 1. The lowest BCUT2D eigenvalue weighted by atomic mass is 9.96. The van der Waals surface area contributed by atoms with E-state index in [1.165, 1.54) is 25.7 Å². The molecule has 26 heavy (non-hydrogen) atoms. The van der Waals surface area contributed by atoms with Crippen molar-refractivity contribution in [2.75, 3.05) is 0 Å². The van der Waals surface area contributed by atoms with Crippen molar-refractivity contribution in [3.8, 4) is 11.3 Å². The SMILES string of the molecule is Cc1cn(O)c(-c2ccccc2)c(C)c1=NC(=O)CC1CCCCCC1. The first-order valence-electron chi connectivity index (χ1n) is 9.61. The highest BCUT2D eigenvalue weighted by atomic mass is 16.5. The van der Waals surface area contributed by atoms with Gasteiger partial charge in [0.05, 0.1) is 11.1 Å². The Hall–Kier alpha value is -2.36. The van der Waals surface area contributed by atoms with Crippen LogP contribution in [-0.4, -0.2) is 15.8 Å². The number of amides is 1. The minimum absolute atomic E-state index is 0.0437. The average Bonchev–Trinajstić information content (AvgIpc) is 2.88. The number of hydrogen-bond donors (Lipinski definition) is 1. The molecule has 1 heterocycles. The van der Waals surface area contributed by atoms with E-state index in [9.17, 15) is 10.0 Å². The first-order valence-corrected chi connectivity index (χ1v) is 9.61. The van der Waals surface area contributed by atoms with Crippen molar-refractivity contribution in [1.29, 1.82) is 0 Å². The Morgan fingerprint density at radius 2 is 1.77 bits per heavy atom. The molecule has 0 saturated heterocycles. The molecule has 0 atom stereocenters. The molecule has 4 nitrogen and oxygen atoms in total. The topological polar surface area (TPSA) is 54.6 Å². The van der Waals surface area contributed by atoms with Gasteiger partial charge in [0.25, 0.3) is 0 Å². The van der Waals surface area contributed by atoms with E-state index < -0.39 is 0 Å². The molecule has 0 radical (unpaired) electrons. The number of carbonyl (C=O) groups is 1. The predicted molar refractivity (Wildman–Crippen MR) is 103 cm³/mol. The van der Waals surface area contributed by atoms with Gasteiger partial charge in [-0.2, -0.15) is 4.73 Å². The second-order valence-electron chi connectivity index (χ2n) is 7.41. The third kappa shape index (κ3) is 4.24. The van der Waals surface area contributed by atoms with Crippen molar-refractivity contribution in [3.63, 3.8) is 0 Å². The van der Waals surface area contributed by atoms with Crippen molar-refractivity contribution >= 4 is 5.91 Å². The number of hydrogen-bond acceptors (Lipinski definition) is 2. The van der Waals surface area contributed by atoms with Gasteiger partial charge in [-0.3, -0.25) is 4.79 Å². The van der Waals surface area contributed by atoms with Gasteiger partial charge in [-0.25, -0.2) is 4.99 Å². The maximum absolute atomic E-state index is 12.6. The van der Waals surface area contributed by atoms with Crippen LogP contribution in [0.25, 0.3) is 11.3 Å². The summed E-state index contributed by atoms with van der Waals surface area (Å²) >= 11 is 0. The molecule has 1 amide bonds. The molecule has 4 heteroatoms. The van der Waals surface area contributed by atoms with Crippen molar-refractivity contribution < 1.29 is 10.0 Å². The number of pyridine rings is 1. The van der Waals surface area contributed by atoms with Crippen LogP contribution in [0.3, 0.4) is 0 Å². The fraction of sp³-hybridized carbons (Fsp3) is 0.455. The van der Waals surface area contributed by atoms with Crippen LogP contribution in [0.2, 0.25) is 0 Å². The molecule has 0 bridgehead atoms. The minimum atomic E-state index is -0.0437. The van der Waals surface area contributed by atoms with Gasteiger partial charge in [0, 0.05) is 23.7 Å². The lowest BCUT2D eigenvalue weighted by Crippen LogP contribution is -2.20. The van der Waals surface area contributed by atoms with Crippen LogP contribution in [0.1, 0.15) is 56.1 Å². The minimum Gasteiger partial charge on any atom is -0.428 e. The first-order chi connectivity index (χ1) is 12.6. The van der Waals surface area contributed by atoms with Crippen LogP contribution in [0.5, 0.6) is 0 Å². The van der Waals surface area contributed by atoms with E-state index in [0.29, 0.717) is 23.4 Å². The lowest BCUT2D eigenvalue weighted by Gasteiger charge is -2.14. The Kier molecular flexibility index (Phi) is 5.92. The summed E-state index contributed by atoms with van der Waals surface area (Å²) < 4.78 is 1.13. The van der Waals surface area contributed by atoms with Crippen LogP contribution < -0.4 is 5.36 Å². The maximum Gasteiger partial charge on any atom is 0.246 e. The molecular weight excluding hydrogens is 324 g/mol. The molecule has 0 unspecified atom stereocenters. The van der Waals surface area contributed by atoms with Crippen molar-refractivity contribution in [3.05, 3.63) is 53.0 Å². The van der Waals surface area contributed by atoms with E-state index in [1.807, 2.05) is 44.2 Å². The number of aromatic nitrogens is 1. The van der Waals surface area contributed by atoms with Crippen LogP contribution in [0.15, 0.2) is 41.5 Å². The summed E-state index contributed by atoms with van der Waals surface area (Å²) in [5.41, 5.74) is 3.21. The number of aryl methyl sites for hydroxylation is 1. The second kappa shape index (κ2) is 8.35. The molecule has 0 spiro atoms. The van der Waals surface area contributed by atoms with Crippen molar-refractivity contribution in [2.24, 2.45) is 10.9 Å². The van der Waals surface area contributed by atoms with E-state index in [0.717, 1.165) is 34.3 Å². The fourth-order valence-corrected chi connectivity index (χ4v) is 3.99. The van der Waals surface area contributed by atoms with Gasteiger partial charge in [-0.1, -0.05) is 56.0 Å². The van der Waals surface area contributed by atoms with E-state index in [-0.39, 0.29) is 5.91 Å². The second-order valence-corrected chi connectivity index (χ2v) is 7.41. The highest BCUT2D eigenvalue weighted by molar-refractivity contribution is 5.77. The van der Waals surface area contributed by atoms with E-state index >= 15 is 0 Å². The zero-order chi connectivity index (χ0) is 18.5. The quantitative estimate of drug-likeness (QED) is 0.637. The number of nitrogens with zero attached hydrogens (tertiary/aromatic N) is 2. The normalized spacial score (nSPS) is 16.5. The van der Waals surface area contributed by atoms with Gasteiger partial charge >= 0.3 is 0 Å². The summed E-state index contributed by atoms with van der Waals surface area (Å²) in [7, 11) is 0. The largest absolute Gasteiger partial charge is 0.428 e. The van der Waals surface area contributed by atoms with Crippen LogP contribution in [-0.2, 0) is 4.79 Å². The van der Waals surface area contributed by atoms with E-state index in [1.54, 1.807) is 6.20 Å². The van der Waals surface area contributed by atoms with E-state index in [2.05, 4.69) is 4.99 Å². The molecule has 1 aromatic heterocycles. The van der Waals surface area contributed by atoms with Gasteiger partial charge in [0.1, 0.15) is 0 Å². The Balaban J connectivity index is 1.93. The fourth-order valence-electron chi connectivity index (χ4n) is 3.99. The molecule has 3 rings (SSSR count). The molecule has 1 N–H and O–H groups in total. The highest BCUT2D eigenvalue weighted by Crippen LogP contribution is 2.26. The molecule has 0 aliphatic heterocycles. The highest BCUT2D eigenvalue weighted by Gasteiger charge is 2.17. The zero-order valence-electron chi connectivity index (χ0n) is 15.7. The summed E-state index contributed by atoms with van der Waals surface area (Å²) in [5, 5.41) is 11.1. The summed E-state index contributed by atoms with van der Waals surface area (Å²) in [5.74, 6) is 0.423. The third-order valence-electron chi connectivity index (χ3n) is 5.35. The Morgan fingerprint density at radius 3 is 2.42 bits per heavy atom. The predicted octanol–water partition coefficient (Wildman–Crippen LogP) is 4.80. The van der Waals surface area contributed by atoms with E-state index in [4.69, 9.17) is 0 Å². The average molecular weight is 352 g/mol. The molecule has 1 saturated carbocycles. The molecule has 1 aromatic carbocycles. The first kappa shape index (κ1) is 18.4. The summed E-state index contributed by atoms with van der Waals surface area (Å²) in [6.45, 7) is 3.80. The maximum atomic E-state index is 12.6. The van der Waals surface area contributed by atoms with Gasteiger partial charge in [0.2, 0.25) is 5.91 Å². The van der Waals surface area contributed by atoms with Crippen molar-refractivity contribution in [1.82, 2.24) is 4.73 Å². The Bertz CT molecular complexity index is 829. The molecule has 1 aliphatic rings. The van der Waals surface area contributed by atoms with Crippen LogP contribution in [0.4, 0.5) is 0 Å². The number of rotatable bonds is 3. The smallest absolute Gasteiger partial charge is 0.246 e. The van der Waals surface area contributed by atoms with Gasteiger partial charge in [-0.05, 0) is 38.2 Å². The van der Waals surface area contributed by atoms with Gasteiger partial charge in [-0.15, -0.1) is 0 Å². The van der Waals surface area contributed by atoms with Gasteiger partial charge < -0.3 is 5.21 Å². The summed E-state index contributed by atoms with van der Waals surface area (Å²) in [6.07, 6.45) is 9.47. The summed E-state index contributed by atoms with van der Waals surface area (Å²) in [4.78, 5) is 17.0. The van der Waals surface area contributed by atoms with Crippen LogP contribution in [0, 0.1) is 19.8 Å². The summed E-state index contributed by atoms with van der Waals surface area (Å²) in [6, 6.07) is 9.70. The zero-order valence-corrected chi connectivity index (χ0v) is 15.7. The van der Waals surface area contributed by atoms with Crippen molar-refractivity contribution in [2.45, 2.75) is 58.8 Å². The standard InChI is InChI=1S/C22H28N2O2/c1-16-15-24(26)22(19-12-8-5-9-13-19)17(2)21(16)23-20(25)14-18-10-6-3-4-7-11-18/h5,8-9,12-13,15,18,26H,3-4,6-7,10-11,14H2,1-2H3. The lowest BCUT2D eigenvalue weighted by molar-refractivity contribution is -0.119. The Labute approximate surface area is 155 Å². The monoisotopic (exact) mass is 352 g/mol. The molecule has 1 aliphatic carbocycles. The van der Waals surface area contributed by atoms with Crippen LogP contribution >= 0.6 is 0 Å². The van der Waals surface area contributed by atoms with Gasteiger partial charge in [0.15, 0.2) is 0 Å². The molecular formula is C22H28N2O2. The third-order valence-corrected chi connectivity index (χ3v) is 5.35.